The van der Waals surface area contributed by atoms with E-state index in [0.717, 1.165) is 11.3 Å². The summed E-state index contributed by atoms with van der Waals surface area (Å²) >= 11 is 0.879. The molecule has 0 N–H and O–H groups in total. The second-order valence-corrected chi connectivity index (χ2v) is 4.33. The lowest BCUT2D eigenvalue weighted by Crippen LogP contribution is -2.29. The first kappa shape index (κ1) is 12.8. The van der Waals surface area contributed by atoms with Crippen LogP contribution in [-0.2, 0) is 0 Å². The molecule has 1 aromatic rings. The number of rotatable bonds is 7. The number of carbonyl (C=O) groups is 1. The molecule has 4 heteroatoms. The molecular formula is C12H14FNOS. The first-order chi connectivity index (χ1) is 7.67. The Morgan fingerprint density at radius 3 is 2.44 bits per heavy atom. The lowest BCUT2D eigenvalue weighted by atomic mass is 10.3. The van der Waals surface area contributed by atoms with E-state index in [9.17, 15) is 9.18 Å². The first-order valence-electron chi connectivity index (χ1n) is 4.90. The smallest absolute Gasteiger partial charge is 0.186 e. The van der Waals surface area contributed by atoms with Crippen molar-refractivity contribution in [2.75, 3.05) is 19.6 Å². The predicted molar refractivity (Wildman–Crippen MR) is 65.4 cm³/mol. The zero-order chi connectivity index (χ0) is 12.0. The van der Waals surface area contributed by atoms with Gasteiger partial charge in [-0.1, -0.05) is 12.2 Å². The fourth-order valence-corrected chi connectivity index (χ4v) is 1.97. The van der Waals surface area contributed by atoms with Crippen LogP contribution in [0, 0.1) is 5.13 Å². The van der Waals surface area contributed by atoms with Crippen LogP contribution in [0.1, 0.15) is 9.67 Å². The Labute approximate surface area is 98.7 Å². The van der Waals surface area contributed by atoms with Crippen molar-refractivity contribution in [3.8, 4) is 0 Å². The maximum absolute atomic E-state index is 12.7. The molecule has 0 aromatic carbocycles. The van der Waals surface area contributed by atoms with Gasteiger partial charge in [0.1, 0.15) is 0 Å². The van der Waals surface area contributed by atoms with E-state index in [-0.39, 0.29) is 17.5 Å². The number of ketones is 1. The van der Waals surface area contributed by atoms with Gasteiger partial charge in [0.05, 0.1) is 11.4 Å². The highest BCUT2D eigenvalue weighted by Crippen LogP contribution is 2.15. The number of thiophene rings is 1. The summed E-state index contributed by atoms with van der Waals surface area (Å²) in [7, 11) is 0. The molecule has 0 fully saturated rings. The van der Waals surface area contributed by atoms with Crippen LogP contribution < -0.4 is 0 Å². The summed E-state index contributed by atoms with van der Waals surface area (Å²) in [4.78, 5) is 14.1. The molecule has 0 amide bonds. The molecule has 86 valence electrons. The standard InChI is InChI=1S/C12H14FNOS/c1-3-7-14(8-4-2)9-10(15)11-5-6-12(13)16-11/h3-6H,1-2,7-9H2. The Hall–Kier alpha value is -1.26. The number of nitrogens with zero attached hydrogens (tertiary/aromatic N) is 1. The number of halogens is 1. The molecule has 1 heterocycles. The van der Waals surface area contributed by atoms with Crippen molar-refractivity contribution in [2.45, 2.75) is 0 Å². The monoisotopic (exact) mass is 239 g/mol. The van der Waals surface area contributed by atoms with Gasteiger partial charge in [-0.2, -0.15) is 4.39 Å². The van der Waals surface area contributed by atoms with Crippen molar-refractivity contribution in [3.63, 3.8) is 0 Å². The Balaban J connectivity index is 2.60. The fourth-order valence-electron chi connectivity index (χ4n) is 1.31. The molecule has 0 saturated carbocycles. The number of Topliss-reactive ketones (excluding diaryl/α,β-unsaturated/α-hetero) is 1. The van der Waals surface area contributed by atoms with Crippen molar-refractivity contribution >= 4 is 17.1 Å². The molecule has 0 atom stereocenters. The Bertz CT molecular complexity index is 376. The third-order valence-electron chi connectivity index (χ3n) is 1.99. The normalized spacial score (nSPS) is 10.4. The highest BCUT2D eigenvalue weighted by Gasteiger charge is 2.12. The average Bonchev–Trinajstić information content (AvgIpc) is 2.65. The van der Waals surface area contributed by atoms with Crippen molar-refractivity contribution in [1.82, 2.24) is 4.90 Å². The summed E-state index contributed by atoms with van der Waals surface area (Å²) in [5, 5.41) is -0.331. The molecule has 0 unspecified atom stereocenters. The molecule has 0 aliphatic carbocycles. The van der Waals surface area contributed by atoms with Crippen molar-refractivity contribution < 1.29 is 9.18 Å². The minimum Gasteiger partial charge on any atom is -0.292 e. The van der Waals surface area contributed by atoms with Crippen LogP contribution in [0.5, 0.6) is 0 Å². The lowest BCUT2D eigenvalue weighted by molar-refractivity contribution is 0.0949. The van der Waals surface area contributed by atoms with Crippen molar-refractivity contribution in [1.29, 1.82) is 0 Å². The van der Waals surface area contributed by atoms with Gasteiger partial charge in [-0.25, -0.2) is 0 Å². The molecule has 1 aromatic heterocycles. The number of hydrogen-bond donors (Lipinski definition) is 0. The highest BCUT2D eigenvalue weighted by molar-refractivity contribution is 7.12. The Morgan fingerprint density at radius 2 is 2.00 bits per heavy atom. The summed E-state index contributed by atoms with van der Waals surface area (Å²) in [6.45, 7) is 8.74. The van der Waals surface area contributed by atoms with E-state index in [1.807, 2.05) is 4.90 Å². The van der Waals surface area contributed by atoms with Gasteiger partial charge in [0, 0.05) is 13.1 Å². The quantitative estimate of drug-likeness (QED) is 0.538. The van der Waals surface area contributed by atoms with Crippen LogP contribution in [-0.4, -0.2) is 30.3 Å². The maximum Gasteiger partial charge on any atom is 0.186 e. The van der Waals surface area contributed by atoms with Gasteiger partial charge in [-0.15, -0.1) is 24.5 Å². The van der Waals surface area contributed by atoms with Gasteiger partial charge in [-0.05, 0) is 12.1 Å². The summed E-state index contributed by atoms with van der Waals surface area (Å²) in [6.07, 6.45) is 3.46. The van der Waals surface area contributed by atoms with Crippen molar-refractivity contribution in [2.24, 2.45) is 0 Å². The molecule has 1 rings (SSSR count). The van der Waals surface area contributed by atoms with Crippen LogP contribution in [0.3, 0.4) is 0 Å². The molecule has 16 heavy (non-hydrogen) atoms. The maximum atomic E-state index is 12.7. The molecule has 0 saturated heterocycles. The minimum absolute atomic E-state index is 0.0717. The van der Waals surface area contributed by atoms with Gasteiger partial charge < -0.3 is 0 Å². The third-order valence-corrected chi connectivity index (χ3v) is 2.90. The second kappa shape index (κ2) is 6.35. The van der Waals surface area contributed by atoms with E-state index in [2.05, 4.69) is 13.2 Å². The minimum atomic E-state index is -0.331. The summed E-state index contributed by atoms with van der Waals surface area (Å²) in [6, 6.07) is 2.82. The molecule has 0 spiro atoms. The van der Waals surface area contributed by atoms with Crippen LogP contribution in [0.25, 0.3) is 0 Å². The van der Waals surface area contributed by atoms with Gasteiger partial charge in [-0.3, -0.25) is 9.69 Å². The molecule has 2 nitrogen and oxygen atoms in total. The fraction of sp³-hybridized carbons (Fsp3) is 0.250. The van der Waals surface area contributed by atoms with Crippen LogP contribution in [0.4, 0.5) is 4.39 Å². The Morgan fingerprint density at radius 1 is 1.38 bits per heavy atom. The van der Waals surface area contributed by atoms with Crippen LogP contribution in [0.15, 0.2) is 37.4 Å². The number of hydrogen-bond acceptors (Lipinski definition) is 3. The van der Waals surface area contributed by atoms with E-state index in [0.29, 0.717) is 18.0 Å². The number of carbonyl (C=O) groups excluding carboxylic acids is 1. The summed E-state index contributed by atoms with van der Waals surface area (Å²) < 4.78 is 12.7. The highest BCUT2D eigenvalue weighted by atomic mass is 32.1. The summed E-state index contributed by atoms with van der Waals surface area (Å²) in [5.41, 5.74) is 0. The predicted octanol–water partition coefficient (Wildman–Crippen LogP) is 2.74. The van der Waals surface area contributed by atoms with Gasteiger partial charge in [0.25, 0.3) is 0 Å². The second-order valence-electron chi connectivity index (χ2n) is 3.30. The summed E-state index contributed by atoms with van der Waals surface area (Å²) in [5.74, 6) is -0.0717. The average molecular weight is 239 g/mol. The molecular weight excluding hydrogens is 225 g/mol. The third kappa shape index (κ3) is 3.72. The molecule has 0 radical (unpaired) electrons. The van der Waals surface area contributed by atoms with Gasteiger partial charge >= 0.3 is 0 Å². The van der Waals surface area contributed by atoms with E-state index in [4.69, 9.17) is 0 Å². The van der Waals surface area contributed by atoms with Crippen LogP contribution in [0.2, 0.25) is 0 Å². The van der Waals surface area contributed by atoms with E-state index >= 15 is 0 Å². The van der Waals surface area contributed by atoms with E-state index < -0.39 is 0 Å². The molecule has 0 aliphatic heterocycles. The van der Waals surface area contributed by atoms with Crippen molar-refractivity contribution in [3.05, 3.63) is 47.5 Å². The zero-order valence-corrected chi connectivity index (χ0v) is 9.80. The molecule has 0 aliphatic rings. The lowest BCUT2D eigenvalue weighted by Gasteiger charge is -2.16. The topological polar surface area (TPSA) is 20.3 Å². The Kier molecular flexibility index (Phi) is 5.08. The van der Waals surface area contributed by atoms with Crippen LogP contribution >= 0.6 is 11.3 Å². The van der Waals surface area contributed by atoms with E-state index in [1.165, 1.54) is 12.1 Å². The van der Waals surface area contributed by atoms with Gasteiger partial charge in [0.2, 0.25) is 0 Å². The van der Waals surface area contributed by atoms with E-state index in [1.54, 1.807) is 12.2 Å². The first-order valence-corrected chi connectivity index (χ1v) is 5.71. The largest absolute Gasteiger partial charge is 0.292 e. The molecule has 0 bridgehead atoms. The SMILES string of the molecule is C=CCN(CC=C)CC(=O)c1ccc(F)s1. The zero-order valence-electron chi connectivity index (χ0n) is 8.99. The van der Waals surface area contributed by atoms with Gasteiger partial charge in [0.15, 0.2) is 10.9 Å².